The molecule has 43 heteroatoms. The van der Waals surface area contributed by atoms with Crippen molar-refractivity contribution >= 4 is 174 Å². The monoisotopic (exact) mass is 1710 g/mol. The lowest BCUT2D eigenvalue weighted by atomic mass is 10.0. The zero-order valence-electron chi connectivity index (χ0n) is 59.3. The highest BCUT2D eigenvalue weighted by Crippen LogP contribution is 2.38. The minimum absolute atomic E-state index is 0.0237. The Bertz CT molecular complexity index is 5340. The van der Waals surface area contributed by atoms with E-state index in [1.165, 1.54) is 106 Å². The predicted octanol–water partition coefficient (Wildman–Crippen LogP) is 13.5. The third-order valence-corrected chi connectivity index (χ3v) is 24.2. The number of fused-ring (bicyclic) bond motifs is 3. The highest BCUT2D eigenvalue weighted by molar-refractivity contribution is 8.01. The van der Waals surface area contributed by atoms with Crippen molar-refractivity contribution in [2.24, 2.45) is 0 Å². The lowest BCUT2D eigenvalue weighted by Crippen LogP contribution is -2.44. The lowest BCUT2D eigenvalue weighted by molar-refractivity contribution is -0.0504. The molecule has 0 aliphatic carbocycles. The predicted molar refractivity (Wildman–Crippen MR) is 422 cm³/mol. The van der Waals surface area contributed by atoms with Gasteiger partial charge in [-0.15, -0.1) is 34.0 Å². The van der Waals surface area contributed by atoms with Gasteiger partial charge < -0.3 is 64.9 Å². The Kier molecular flexibility index (Phi) is 26.3. The number of anilines is 6. The first kappa shape index (κ1) is 81.2. The molecule has 3 amide bonds. The van der Waals surface area contributed by atoms with Crippen molar-refractivity contribution in [3.63, 3.8) is 0 Å². The van der Waals surface area contributed by atoms with E-state index < -0.39 is 45.8 Å². The molecule has 594 valence electrons. The molecule has 12 aromatic rings. The summed E-state index contributed by atoms with van der Waals surface area (Å²) >= 11 is 7.53. The quantitative estimate of drug-likeness (QED) is 0.0240. The van der Waals surface area contributed by atoms with E-state index in [1.54, 1.807) is 52.7 Å². The van der Waals surface area contributed by atoms with Gasteiger partial charge in [-0.25, -0.2) is 61.2 Å². The molecule has 113 heavy (non-hydrogen) atoms. The summed E-state index contributed by atoms with van der Waals surface area (Å²) < 4.78 is 141. The Morgan fingerprint density at radius 1 is 0.469 bits per heavy atom. The van der Waals surface area contributed by atoms with E-state index >= 15 is 0 Å². The van der Waals surface area contributed by atoms with Crippen LogP contribution >= 0.6 is 69.3 Å². The number of halogens is 6. The highest BCUT2D eigenvalue weighted by atomic mass is 32.2. The van der Waals surface area contributed by atoms with Crippen molar-refractivity contribution in [2.45, 2.75) is 105 Å². The van der Waals surface area contributed by atoms with Gasteiger partial charge in [-0.05, 0) is 147 Å². The van der Waals surface area contributed by atoms with Crippen LogP contribution in [0.2, 0.25) is 0 Å². The Morgan fingerprint density at radius 3 is 1.17 bits per heavy atom. The van der Waals surface area contributed by atoms with Crippen molar-refractivity contribution < 1.29 is 76.9 Å². The fourth-order valence-corrected chi connectivity index (χ4v) is 19.0. The van der Waals surface area contributed by atoms with Crippen LogP contribution in [-0.2, 0) is 20.0 Å². The Labute approximate surface area is 665 Å². The van der Waals surface area contributed by atoms with Crippen LogP contribution in [0.4, 0.5) is 60.6 Å². The molecule has 0 saturated carbocycles. The summed E-state index contributed by atoms with van der Waals surface area (Å²) in [5.74, 6) is -0.391. The summed E-state index contributed by atoms with van der Waals surface area (Å²) in [6.45, 7) is -4.84. The maximum Gasteiger partial charge on any atom is 0.387 e. The van der Waals surface area contributed by atoms with Crippen LogP contribution in [0.5, 0.6) is 17.2 Å². The van der Waals surface area contributed by atoms with Crippen molar-refractivity contribution in [1.82, 2.24) is 59.3 Å². The number of imidazole rings is 3. The fraction of sp³-hybridized carbons (Fsp3) is 0.286. The second-order valence-electron chi connectivity index (χ2n) is 25.4. The third kappa shape index (κ3) is 22.6. The number of H-pyrrole nitrogens is 3. The molecule has 5 aromatic carbocycles. The largest absolute Gasteiger partial charge is 0.435 e. The number of benzene rings is 5. The first-order valence-corrected chi connectivity index (χ1v) is 43.3. The number of nitrogens with zero attached hydrogens (tertiary/aromatic N) is 10. The number of sulfonamides is 2. The summed E-state index contributed by atoms with van der Waals surface area (Å²) in [5, 5.41) is 25.0. The van der Waals surface area contributed by atoms with E-state index in [1.807, 2.05) is 53.4 Å². The molecule has 15 rings (SSSR count). The number of rotatable bonds is 25. The number of pyridine rings is 1. The van der Waals surface area contributed by atoms with Crippen LogP contribution in [0.15, 0.2) is 166 Å². The summed E-state index contributed by atoms with van der Waals surface area (Å²) in [6, 6.07) is 31.6. The maximum atomic E-state index is 13.0. The molecule has 0 bridgehead atoms. The van der Waals surface area contributed by atoms with Crippen molar-refractivity contribution in [1.29, 1.82) is 0 Å². The molecule has 3 aliphatic heterocycles. The molecule has 7 aromatic heterocycles. The Balaban J connectivity index is 0.000000148. The lowest BCUT2D eigenvalue weighted by Gasteiger charge is -2.34. The van der Waals surface area contributed by atoms with E-state index in [2.05, 4.69) is 99.2 Å². The van der Waals surface area contributed by atoms with Crippen molar-refractivity contribution in [2.75, 3.05) is 82.4 Å². The van der Waals surface area contributed by atoms with Gasteiger partial charge in [0, 0.05) is 91.9 Å². The van der Waals surface area contributed by atoms with Gasteiger partial charge in [0.25, 0.3) is 17.7 Å². The van der Waals surface area contributed by atoms with Crippen LogP contribution in [0.25, 0.3) is 33.1 Å². The highest BCUT2D eigenvalue weighted by Gasteiger charge is 2.29. The third-order valence-electron chi connectivity index (χ3n) is 17.2. The van der Waals surface area contributed by atoms with Gasteiger partial charge in [0.2, 0.25) is 20.0 Å². The van der Waals surface area contributed by atoms with Crippen LogP contribution < -0.4 is 54.3 Å². The van der Waals surface area contributed by atoms with E-state index in [0.29, 0.717) is 149 Å². The SMILES string of the molecule is CS(=O)(=O)NC1CCN(c2ccccc2NC(=O)c2csc(Sc3nc4ccc(OC(F)F)cc4[nH]3)n2)CC1.CS(=O)(=O)NC1CCN(c2ncccc2NC(=O)c2csc(Sc3nc4ccc(OC(F)F)cc4[nH]3)n2)CC1.O=C(Nc1ccccc1N1CCC(O)CC1)c1csc(Sc2nc3ccc(OC(F)F)cc3[nH]2)n1. The van der Waals surface area contributed by atoms with E-state index in [4.69, 9.17) is 0 Å². The number of piperidine rings is 3. The van der Waals surface area contributed by atoms with Gasteiger partial charge in [0.05, 0.1) is 80.2 Å². The number of alkyl halides is 6. The second kappa shape index (κ2) is 36.5. The van der Waals surface area contributed by atoms with Crippen molar-refractivity contribution in [3.05, 3.63) is 155 Å². The number of aromatic amines is 3. The number of thiazole rings is 3. The number of carbonyl (C=O) groups excluding carboxylic acids is 3. The first-order valence-electron chi connectivity index (χ1n) is 34.4. The number of ether oxygens (including phenoxy) is 3. The van der Waals surface area contributed by atoms with Gasteiger partial charge in [-0.3, -0.25) is 14.4 Å². The molecule has 3 saturated heterocycles. The minimum Gasteiger partial charge on any atom is -0.435 e. The molecule has 29 nitrogen and oxygen atoms in total. The number of aliphatic hydroxyl groups excluding tert-OH is 1. The molecule has 0 radical (unpaired) electrons. The number of nitrogens with one attached hydrogen (secondary N) is 8. The van der Waals surface area contributed by atoms with Crippen molar-refractivity contribution in [3.8, 4) is 17.2 Å². The average Bonchev–Trinajstić information content (AvgIpc) is 1.78. The van der Waals surface area contributed by atoms with Crippen LogP contribution in [0.3, 0.4) is 0 Å². The van der Waals surface area contributed by atoms with Gasteiger partial charge in [-0.2, -0.15) is 26.3 Å². The van der Waals surface area contributed by atoms with Gasteiger partial charge in [0.1, 0.15) is 34.3 Å². The number of carbonyl (C=O) groups is 3. The number of hydrogen-bond acceptors (Lipinski definition) is 27. The smallest absolute Gasteiger partial charge is 0.387 e. The molecular formula is C70H68F6N18O11S8. The fourth-order valence-electron chi connectivity index (χ4n) is 12.2. The summed E-state index contributed by atoms with van der Waals surface area (Å²) in [7, 11) is -6.54. The molecule has 0 spiro atoms. The van der Waals surface area contributed by atoms with E-state index in [0.717, 1.165) is 37.0 Å². The molecule has 9 N–H and O–H groups in total. The minimum atomic E-state index is -3.28. The number of para-hydroxylation sites is 4. The molecular weight excluding hydrogens is 1640 g/mol. The summed E-state index contributed by atoms with van der Waals surface area (Å²) in [5.41, 5.74) is 7.76. The van der Waals surface area contributed by atoms with Gasteiger partial charge in [0.15, 0.2) is 34.3 Å². The molecule has 3 fully saturated rings. The number of aliphatic hydroxyl groups is 1. The van der Waals surface area contributed by atoms with Crippen LogP contribution in [-0.4, -0.2) is 179 Å². The number of amides is 3. The Hall–Kier alpha value is -9.83. The van der Waals surface area contributed by atoms with Crippen LogP contribution in [0, 0.1) is 0 Å². The van der Waals surface area contributed by atoms with Gasteiger partial charge >= 0.3 is 19.8 Å². The normalized spacial score (nSPS) is 14.7. The average molecular weight is 1710 g/mol. The summed E-state index contributed by atoms with van der Waals surface area (Å²) in [4.78, 5) is 85.3. The van der Waals surface area contributed by atoms with E-state index in [9.17, 15) is 62.7 Å². The van der Waals surface area contributed by atoms with Crippen LogP contribution in [0.1, 0.15) is 70.0 Å². The molecule has 0 atom stereocenters. The summed E-state index contributed by atoms with van der Waals surface area (Å²) in [6.07, 6.45) is 7.60. The number of aromatic nitrogens is 10. The number of hydrogen-bond donors (Lipinski definition) is 9. The zero-order chi connectivity index (χ0) is 79.5. The standard InChI is InChI=1S/C24H24F2N6O4S3.C23H23F2N7O4S3.C23H21F2N5O3S2/c1-39(34,35)31-14-8-10-32(11-9-14)20-5-3-2-4-17(20)27-21(33)19-13-37-24(30-19)38-23-28-16-7-6-15(36-22(25)26)12-18(16)29-23;1-39(34,35)31-13-6-9-32(10-7-13)19-16(3-2-8-26-19)27-20(33)18-12-37-23(30-18)38-22-28-15-5-4-14(36-21(24)25)11-17(15)29-22;24-21(25)33-14-5-6-15-17(11-14)28-22(27-15)35-23-29-18(12-34-23)20(32)26-16-3-1-2-4-19(16)30-9-7-13(31)8-10-30/h2-7,12-14,22,31H,8-11H2,1H3,(H,27,33)(H,28,29);2-5,8,11-13,21,31H,6-7,9-10H2,1H3,(H,27,33)(H,28,29);1-6,11-13,21,31H,7-10H2,(H,26,32)(H,27,28). The second-order valence-corrected chi connectivity index (χ2v) is 35.2. The maximum absolute atomic E-state index is 13.0. The Morgan fingerprint density at radius 2 is 0.805 bits per heavy atom. The zero-order valence-corrected chi connectivity index (χ0v) is 65.8. The van der Waals surface area contributed by atoms with Gasteiger partial charge in [-0.1, -0.05) is 24.3 Å². The van der Waals surface area contributed by atoms with E-state index in [-0.39, 0.29) is 64.3 Å². The molecule has 10 heterocycles. The molecule has 0 unspecified atom stereocenters. The molecule has 3 aliphatic rings. The topological polar surface area (TPSA) is 375 Å². The first-order chi connectivity index (χ1) is 54.2.